The summed E-state index contributed by atoms with van der Waals surface area (Å²) in [6, 6.07) is 4.61. The molecule has 0 saturated carbocycles. The summed E-state index contributed by atoms with van der Waals surface area (Å²) in [5.74, 6) is 1.21. The summed E-state index contributed by atoms with van der Waals surface area (Å²) in [6.07, 6.45) is 0. The van der Waals surface area contributed by atoms with Crippen LogP contribution in [-0.2, 0) is 0 Å². The second-order valence-electron chi connectivity index (χ2n) is 3.67. The van der Waals surface area contributed by atoms with Gasteiger partial charge in [-0.15, -0.1) is 11.8 Å². The summed E-state index contributed by atoms with van der Waals surface area (Å²) in [5, 5.41) is 0. The second kappa shape index (κ2) is 3.26. The highest BCUT2D eigenvalue weighted by molar-refractivity contribution is 7.99. The Kier molecular flexibility index (Phi) is 2.24. The van der Waals surface area contributed by atoms with Gasteiger partial charge in [0.25, 0.3) is 0 Å². The normalized spacial score (nSPS) is 15.8. The first-order valence-corrected chi connectivity index (χ1v) is 5.62. The third-order valence-corrected chi connectivity index (χ3v) is 3.70. The number of anilines is 1. The fourth-order valence-corrected chi connectivity index (χ4v) is 2.81. The van der Waals surface area contributed by atoms with Crippen molar-refractivity contribution in [2.24, 2.45) is 0 Å². The van der Waals surface area contributed by atoms with E-state index in [9.17, 15) is 0 Å². The molecule has 0 atom stereocenters. The van der Waals surface area contributed by atoms with E-state index in [0.717, 1.165) is 0 Å². The third kappa shape index (κ3) is 1.55. The van der Waals surface area contributed by atoms with Crippen LogP contribution in [0.2, 0.25) is 0 Å². The zero-order valence-corrected chi connectivity index (χ0v) is 9.24. The van der Waals surface area contributed by atoms with Crippen molar-refractivity contribution in [2.45, 2.75) is 18.7 Å². The summed E-state index contributed by atoms with van der Waals surface area (Å²) < 4.78 is 0. The number of hydrogen-bond donors (Lipinski definition) is 0. The van der Waals surface area contributed by atoms with Crippen molar-refractivity contribution >= 4 is 17.4 Å². The summed E-state index contributed by atoms with van der Waals surface area (Å²) in [4.78, 5) is 3.79. The van der Waals surface area contributed by atoms with Gasteiger partial charge in [-0.25, -0.2) is 0 Å². The molecule has 0 N–H and O–H groups in total. The van der Waals surface area contributed by atoms with Crippen LogP contribution in [-0.4, -0.2) is 19.3 Å². The van der Waals surface area contributed by atoms with Crippen molar-refractivity contribution in [1.82, 2.24) is 0 Å². The molecular formula is C11H15NS. The van der Waals surface area contributed by atoms with Gasteiger partial charge in [-0.2, -0.15) is 0 Å². The van der Waals surface area contributed by atoms with Gasteiger partial charge in [0, 0.05) is 24.2 Å². The minimum absolute atomic E-state index is 1.17. The lowest BCUT2D eigenvalue weighted by Crippen LogP contribution is -2.24. The first kappa shape index (κ1) is 8.95. The molecule has 1 heterocycles. The van der Waals surface area contributed by atoms with Gasteiger partial charge < -0.3 is 4.90 Å². The molecule has 1 aromatic rings. The van der Waals surface area contributed by atoms with Crippen LogP contribution in [0.5, 0.6) is 0 Å². The number of thioether (sulfide) groups is 1. The lowest BCUT2D eigenvalue weighted by atomic mass is 10.1. The van der Waals surface area contributed by atoms with Gasteiger partial charge in [-0.05, 0) is 37.1 Å². The average Bonchev–Trinajstić information content (AvgIpc) is 2.09. The molecule has 1 aliphatic heterocycles. The number of hydrogen-bond acceptors (Lipinski definition) is 2. The number of benzene rings is 1. The molecule has 0 saturated heterocycles. The molecule has 70 valence electrons. The fourth-order valence-electron chi connectivity index (χ4n) is 1.60. The Labute approximate surface area is 84.1 Å². The van der Waals surface area contributed by atoms with Gasteiger partial charge >= 0.3 is 0 Å². The van der Waals surface area contributed by atoms with Gasteiger partial charge in [-0.1, -0.05) is 0 Å². The average molecular weight is 193 g/mol. The molecule has 0 aromatic heterocycles. The Morgan fingerprint density at radius 2 is 1.92 bits per heavy atom. The summed E-state index contributed by atoms with van der Waals surface area (Å²) in [6.45, 7) is 5.54. The Morgan fingerprint density at radius 3 is 2.69 bits per heavy atom. The molecule has 1 nitrogen and oxygen atoms in total. The van der Waals surface area contributed by atoms with E-state index in [1.54, 1.807) is 0 Å². The quantitative estimate of drug-likeness (QED) is 0.623. The molecule has 0 fully saturated rings. The zero-order chi connectivity index (χ0) is 9.42. The first-order chi connectivity index (χ1) is 6.18. The lowest BCUT2D eigenvalue weighted by molar-refractivity contribution is 0.939. The Hall–Kier alpha value is -0.630. The van der Waals surface area contributed by atoms with Crippen LogP contribution < -0.4 is 4.90 Å². The van der Waals surface area contributed by atoms with Crippen molar-refractivity contribution in [3.8, 4) is 0 Å². The van der Waals surface area contributed by atoms with Crippen LogP contribution in [0.3, 0.4) is 0 Å². The molecule has 0 unspecified atom stereocenters. The van der Waals surface area contributed by atoms with Crippen molar-refractivity contribution in [1.29, 1.82) is 0 Å². The third-order valence-electron chi connectivity index (χ3n) is 2.67. The summed E-state index contributed by atoms with van der Waals surface area (Å²) >= 11 is 1.97. The summed E-state index contributed by atoms with van der Waals surface area (Å²) in [7, 11) is 2.17. The van der Waals surface area contributed by atoms with E-state index in [1.165, 1.54) is 34.0 Å². The highest BCUT2D eigenvalue weighted by atomic mass is 32.2. The first-order valence-electron chi connectivity index (χ1n) is 4.63. The zero-order valence-electron chi connectivity index (χ0n) is 8.42. The minimum Gasteiger partial charge on any atom is -0.373 e. The number of rotatable bonds is 0. The van der Waals surface area contributed by atoms with Crippen LogP contribution in [0.25, 0.3) is 0 Å². The number of fused-ring (bicyclic) bond motifs is 1. The molecule has 0 bridgehead atoms. The van der Waals surface area contributed by atoms with Crippen LogP contribution in [0.4, 0.5) is 5.69 Å². The van der Waals surface area contributed by atoms with Crippen molar-refractivity contribution in [3.05, 3.63) is 23.3 Å². The van der Waals surface area contributed by atoms with E-state index < -0.39 is 0 Å². The van der Waals surface area contributed by atoms with Gasteiger partial charge in [-0.3, -0.25) is 0 Å². The molecule has 0 spiro atoms. The van der Waals surface area contributed by atoms with Gasteiger partial charge in [0.15, 0.2) is 0 Å². The predicted octanol–water partition coefficient (Wildman–Crippen LogP) is 2.85. The Bertz CT molecular complexity index is 333. The van der Waals surface area contributed by atoms with Crippen molar-refractivity contribution in [2.75, 3.05) is 24.2 Å². The standard InChI is InChI=1S/C11H15NS/c1-8-6-10-11(7-9(8)2)13-5-4-12(10)3/h6-7H,4-5H2,1-3H3. The highest BCUT2D eigenvalue weighted by Crippen LogP contribution is 2.35. The van der Waals surface area contributed by atoms with E-state index in [2.05, 4.69) is 37.9 Å². The SMILES string of the molecule is Cc1cc2c(cc1C)N(C)CCS2. The Morgan fingerprint density at radius 1 is 1.23 bits per heavy atom. The molecular weight excluding hydrogens is 178 g/mol. The second-order valence-corrected chi connectivity index (χ2v) is 4.81. The van der Waals surface area contributed by atoms with Crippen LogP contribution >= 0.6 is 11.8 Å². The van der Waals surface area contributed by atoms with Gasteiger partial charge in [0.05, 0.1) is 5.69 Å². The van der Waals surface area contributed by atoms with E-state index in [4.69, 9.17) is 0 Å². The molecule has 0 aliphatic carbocycles. The van der Waals surface area contributed by atoms with E-state index in [-0.39, 0.29) is 0 Å². The smallest absolute Gasteiger partial charge is 0.0504 e. The molecule has 1 aliphatic rings. The molecule has 0 amide bonds. The molecule has 0 radical (unpaired) electrons. The molecule has 1 aromatic carbocycles. The topological polar surface area (TPSA) is 3.24 Å². The molecule has 2 heteroatoms. The van der Waals surface area contributed by atoms with Crippen molar-refractivity contribution < 1.29 is 0 Å². The minimum atomic E-state index is 1.17. The number of nitrogens with zero attached hydrogens (tertiary/aromatic N) is 1. The summed E-state index contributed by atoms with van der Waals surface area (Å²) in [5.41, 5.74) is 4.20. The van der Waals surface area contributed by atoms with Gasteiger partial charge in [0.2, 0.25) is 0 Å². The monoisotopic (exact) mass is 193 g/mol. The highest BCUT2D eigenvalue weighted by Gasteiger charge is 2.14. The van der Waals surface area contributed by atoms with E-state index in [0.29, 0.717) is 0 Å². The largest absolute Gasteiger partial charge is 0.373 e. The maximum Gasteiger partial charge on any atom is 0.0504 e. The molecule has 13 heavy (non-hydrogen) atoms. The van der Waals surface area contributed by atoms with Crippen LogP contribution in [0.15, 0.2) is 17.0 Å². The maximum atomic E-state index is 2.35. The maximum absolute atomic E-state index is 2.35. The molecule has 2 rings (SSSR count). The number of aryl methyl sites for hydroxylation is 2. The Balaban J connectivity index is 2.52. The lowest BCUT2D eigenvalue weighted by Gasteiger charge is -2.27. The van der Waals surface area contributed by atoms with Crippen LogP contribution in [0.1, 0.15) is 11.1 Å². The van der Waals surface area contributed by atoms with E-state index in [1.807, 2.05) is 11.8 Å². The van der Waals surface area contributed by atoms with Gasteiger partial charge in [0.1, 0.15) is 0 Å². The van der Waals surface area contributed by atoms with E-state index >= 15 is 0 Å². The fraction of sp³-hybridized carbons (Fsp3) is 0.455. The van der Waals surface area contributed by atoms with Crippen molar-refractivity contribution in [3.63, 3.8) is 0 Å². The predicted molar refractivity (Wildman–Crippen MR) is 59.9 cm³/mol. The van der Waals surface area contributed by atoms with Crippen LogP contribution in [0, 0.1) is 13.8 Å².